The summed E-state index contributed by atoms with van der Waals surface area (Å²) in [5, 5.41) is 3.62. The van der Waals surface area contributed by atoms with Crippen LogP contribution in [0.4, 0.5) is 0 Å². The fraction of sp³-hybridized carbons (Fsp3) is 0.962. The summed E-state index contributed by atoms with van der Waals surface area (Å²) in [4.78, 5) is 13.1. The zero-order valence-electron chi connectivity index (χ0n) is 21.4. The number of guanidine groups is 1. The monoisotopic (exact) mass is 575 g/mol. The standard InChI is InChI=1S/C26H49N5O.HI/c1-3-27-25(30-17-11-24(12-18-30)32-21-23-9-5-6-10-23)28-22-26(13-19-29(2)20-14-26)31-15-7-4-8-16-31;/h23-24H,3-22H2,1-2H3,(H,27,28);1H. The van der Waals surface area contributed by atoms with Gasteiger partial charge in [-0.25, -0.2) is 0 Å². The lowest BCUT2D eigenvalue weighted by atomic mass is 9.84. The third-order valence-electron chi connectivity index (χ3n) is 8.59. The number of aliphatic imine (C=N–C) groups is 1. The maximum absolute atomic E-state index is 6.32. The molecule has 3 aliphatic heterocycles. The molecule has 0 aromatic carbocycles. The van der Waals surface area contributed by atoms with Gasteiger partial charge in [0.05, 0.1) is 12.6 Å². The topological polar surface area (TPSA) is 43.3 Å². The van der Waals surface area contributed by atoms with Crippen LogP contribution in [0.5, 0.6) is 0 Å². The predicted octanol–water partition coefficient (Wildman–Crippen LogP) is 4.19. The first-order chi connectivity index (χ1) is 15.7. The Morgan fingerprint density at radius 3 is 2.21 bits per heavy atom. The maximum Gasteiger partial charge on any atom is 0.193 e. The van der Waals surface area contributed by atoms with E-state index in [1.807, 2.05) is 0 Å². The van der Waals surface area contributed by atoms with E-state index < -0.39 is 0 Å². The molecule has 0 atom stereocenters. The summed E-state index contributed by atoms with van der Waals surface area (Å²) in [7, 11) is 2.27. The van der Waals surface area contributed by atoms with Crippen LogP contribution in [0.1, 0.15) is 77.6 Å². The van der Waals surface area contributed by atoms with Crippen LogP contribution in [-0.2, 0) is 4.74 Å². The Bertz CT molecular complexity index is 575. The molecule has 4 fully saturated rings. The van der Waals surface area contributed by atoms with Crippen molar-refractivity contribution in [2.45, 2.75) is 89.2 Å². The normalized spacial score (nSPS) is 26.4. The molecule has 3 saturated heterocycles. The van der Waals surface area contributed by atoms with Gasteiger partial charge in [-0.3, -0.25) is 9.89 Å². The third kappa shape index (κ3) is 7.68. The van der Waals surface area contributed by atoms with E-state index in [-0.39, 0.29) is 29.5 Å². The molecule has 1 aliphatic carbocycles. The Hall–Kier alpha value is -0.120. The van der Waals surface area contributed by atoms with Crippen molar-refractivity contribution in [2.75, 3.05) is 66.0 Å². The van der Waals surface area contributed by atoms with Crippen LogP contribution in [0.15, 0.2) is 4.99 Å². The molecule has 0 radical (unpaired) electrons. The minimum Gasteiger partial charge on any atom is -0.378 e. The quantitative estimate of drug-likeness (QED) is 0.280. The van der Waals surface area contributed by atoms with E-state index in [1.165, 1.54) is 84.0 Å². The summed E-state index contributed by atoms with van der Waals surface area (Å²) in [5.74, 6) is 1.96. The molecule has 4 rings (SSSR count). The first-order valence-electron chi connectivity index (χ1n) is 13.8. The van der Waals surface area contributed by atoms with Crippen LogP contribution in [0.3, 0.4) is 0 Å². The fourth-order valence-electron chi connectivity index (χ4n) is 6.31. The molecule has 4 aliphatic rings. The highest BCUT2D eigenvalue weighted by Gasteiger charge is 2.39. The van der Waals surface area contributed by atoms with E-state index in [4.69, 9.17) is 9.73 Å². The van der Waals surface area contributed by atoms with Crippen LogP contribution in [0.25, 0.3) is 0 Å². The number of piperidine rings is 3. The number of hydrogen-bond acceptors (Lipinski definition) is 4. The molecule has 0 amide bonds. The molecule has 3 heterocycles. The summed E-state index contributed by atoms with van der Waals surface area (Å²) in [6.07, 6.45) is 14.9. The van der Waals surface area contributed by atoms with Gasteiger partial charge in [0, 0.05) is 31.8 Å². The second kappa shape index (κ2) is 13.8. The zero-order chi connectivity index (χ0) is 22.2. The molecule has 0 aromatic rings. The number of likely N-dealkylation sites (tertiary alicyclic amines) is 3. The minimum absolute atomic E-state index is 0. The van der Waals surface area contributed by atoms with E-state index in [0.29, 0.717) is 6.10 Å². The third-order valence-corrected chi connectivity index (χ3v) is 8.59. The lowest BCUT2D eigenvalue weighted by Gasteiger charge is -2.49. The van der Waals surface area contributed by atoms with Crippen LogP contribution in [0, 0.1) is 5.92 Å². The number of rotatable bonds is 7. The molecule has 0 spiro atoms. The van der Waals surface area contributed by atoms with E-state index in [9.17, 15) is 0 Å². The summed E-state index contributed by atoms with van der Waals surface area (Å²) in [6, 6.07) is 0. The first kappa shape index (κ1) is 27.5. The lowest BCUT2D eigenvalue weighted by molar-refractivity contribution is 0.000681. The van der Waals surface area contributed by atoms with Gasteiger partial charge in [-0.05, 0) is 97.4 Å². The van der Waals surface area contributed by atoms with Crippen molar-refractivity contribution in [3.63, 3.8) is 0 Å². The smallest absolute Gasteiger partial charge is 0.193 e. The van der Waals surface area contributed by atoms with Crippen molar-refractivity contribution in [2.24, 2.45) is 10.9 Å². The van der Waals surface area contributed by atoms with E-state index in [1.54, 1.807) is 0 Å². The van der Waals surface area contributed by atoms with Gasteiger partial charge < -0.3 is 19.9 Å². The van der Waals surface area contributed by atoms with Gasteiger partial charge in [0.1, 0.15) is 0 Å². The van der Waals surface area contributed by atoms with Crippen molar-refractivity contribution < 1.29 is 4.74 Å². The molecule has 6 nitrogen and oxygen atoms in total. The first-order valence-corrected chi connectivity index (χ1v) is 13.8. The average Bonchev–Trinajstić information content (AvgIpc) is 3.36. The second-order valence-corrected chi connectivity index (χ2v) is 10.9. The molecule has 1 saturated carbocycles. The fourth-order valence-corrected chi connectivity index (χ4v) is 6.31. The van der Waals surface area contributed by atoms with Crippen molar-refractivity contribution >= 4 is 29.9 Å². The highest BCUT2D eigenvalue weighted by Crippen LogP contribution is 2.32. The van der Waals surface area contributed by atoms with Crippen LogP contribution in [0.2, 0.25) is 0 Å². The van der Waals surface area contributed by atoms with Gasteiger partial charge in [-0.15, -0.1) is 24.0 Å². The largest absolute Gasteiger partial charge is 0.378 e. The van der Waals surface area contributed by atoms with Gasteiger partial charge in [0.2, 0.25) is 0 Å². The maximum atomic E-state index is 6.32. The number of nitrogens with one attached hydrogen (secondary N) is 1. The highest BCUT2D eigenvalue weighted by atomic mass is 127. The van der Waals surface area contributed by atoms with E-state index in [2.05, 4.69) is 34.0 Å². The van der Waals surface area contributed by atoms with Gasteiger partial charge >= 0.3 is 0 Å². The van der Waals surface area contributed by atoms with Gasteiger partial charge in [-0.1, -0.05) is 19.3 Å². The molecule has 0 aromatic heterocycles. The lowest BCUT2D eigenvalue weighted by Crippen LogP contribution is -2.58. The van der Waals surface area contributed by atoms with Crippen molar-refractivity contribution in [3.05, 3.63) is 0 Å². The Morgan fingerprint density at radius 1 is 0.909 bits per heavy atom. The Labute approximate surface area is 220 Å². The summed E-state index contributed by atoms with van der Waals surface area (Å²) in [5.41, 5.74) is 0.260. The SMILES string of the molecule is CCNC(=NCC1(N2CCCCC2)CCN(C)CC1)N1CCC(OCC2CCCC2)CC1.I. The Morgan fingerprint density at radius 2 is 1.58 bits per heavy atom. The summed E-state index contributed by atoms with van der Waals surface area (Å²) < 4.78 is 6.32. The second-order valence-electron chi connectivity index (χ2n) is 10.9. The average molecular weight is 576 g/mol. The van der Waals surface area contributed by atoms with E-state index >= 15 is 0 Å². The van der Waals surface area contributed by atoms with Crippen LogP contribution < -0.4 is 5.32 Å². The molecule has 33 heavy (non-hydrogen) atoms. The Balaban J connectivity index is 0.00000306. The van der Waals surface area contributed by atoms with Crippen molar-refractivity contribution in [3.8, 4) is 0 Å². The van der Waals surface area contributed by atoms with Crippen molar-refractivity contribution in [1.82, 2.24) is 20.0 Å². The van der Waals surface area contributed by atoms with Gasteiger partial charge in [-0.2, -0.15) is 0 Å². The molecular formula is C26H50IN5O. The molecule has 0 unspecified atom stereocenters. The number of ether oxygens (including phenoxy) is 1. The summed E-state index contributed by atoms with van der Waals surface area (Å²) >= 11 is 0. The molecule has 1 N–H and O–H groups in total. The Kier molecular flexibility index (Phi) is 11.5. The number of halogens is 1. The summed E-state index contributed by atoms with van der Waals surface area (Å²) in [6.45, 7) is 12.1. The zero-order valence-corrected chi connectivity index (χ0v) is 23.7. The van der Waals surface area contributed by atoms with Crippen LogP contribution >= 0.6 is 24.0 Å². The molecule has 0 bridgehead atoms. The molecule has 7 heteroatoms. The van der Waals surface area contributed by atoms with Crippen molar-refractivity contribution in [1.29, 1.82) is 0 Å². The van der Waals surface area contributed by atoms with E-state index in [0.717, 1.165) is 57.5 Å². The minimum atomic E-state index is 0. The van der Waals surface area contributed by atoms with Crippen LogP contribution in [-0.4, -0.2) is 98.3 Å². The molecule has 192 valence electrons. The van der Waals surface area contributed by atoms with Gasteiger partial charge in [0.25, 0.3) is 0 Å². The molecular weight excluding hydrogens is 525 g/mol. The predicted molar refractivity (Wildman–Crippen MR) is 149 cm³/mol. The van der Waals surface area contributed by atoms with Gasteiger partial charge in [0.15, 0.2) is 5.96 Å². The highest BCUT2D eigenvalue weighted by molar-refractivity contribution is 14.0. The number of hydrogen-bond donors (Lipinski definition) is 1. The number of nitrogens with zero attached hydrogens (tertiary/aromatic N) is 4.